The number of rotatable bonds is 5. The molecular formula is C11H11Cl3N2O3. The molecule has 1 aromatic rings. The lowest BCUT2D eigenvalue weighted by Gasteiger charge is -2.13. The highest BCUT2D eigenvalue weighted by Gasteiger charge is 2.18. The predicted molar refractivity (Wildman–Crippen MR) is 73.1 cm³/mol. The molecule has 1 unspecified atom stereocenters. The molecule has 0 bridgehead atoms. The van der Waals surface area contributed by atoms with Gasteiger partial charge in [0.1, 0.15) is 5.69 Å². The molecule has 1 rings (SSSR count). The van der Waals surface area contributed by atoms with Crippen molar-refractivity contribution in [1.29, 1.82) is 0 Å². The number of carbonyl (C=O) groups is 2. The fraction of sp³-hybridized carbons (Fsp3) is 0.364. The Kier molecular flexibility index (Phi) is 5.85. The Morgan fingerprint density at radius 1 is 1.37 bits per heavy atom. The van der Waals surface area contributed by atoms with Crippen LogP contribution in [-0.4, -0.2) is 28.0 Å². The lowest BCUT2D eigenvalue weighted by Crippen LogP contribution is -2.33. The summed E-state index contributed by atoms with van der Waals surface area (Å²) in [5, 5.41) is 11.3. The van der Waals surface area contributed by atoms with Gasteiger partial charge in [-0.05, 0) is 13.3 Å². The smallest absolute Gasteiger partial charge is 0.303 e. The molecule has 5 nitrogen and oxygen atoms in total. The largest absolute Gasteiger partial charge is 0.481 e. The van der Waals surface area contributed by atoms with Crippen molar-refractivity contribution in [3.63, 3.8) is 0 Å². The first-order chi connectivity index (χ1) is 8.82. The van der Waals surface area contributed by atoms with E-state index in [0.717, 1.165) is 0 Å². The van der Waals surface area contributed by atoms with Gasteiger partial charge in [0, 0.05) is 18.7 Å². The van der Waals surface area contributed by atoms with Gasteiger partial charge in [0.25, 0.3) is 5.91 Å². The van der Waals surface area contributed by atoms with Gasteiger partial charge >= 0.3 is 5.97 Å². The molecule has 2 N–H and O–H groups in total. The maximum atomic E-state index is 11.9. The van der Waals surface area contributed by atoms with Crippen molar-refractivity contribution in [2.45, 2.75) is 25.8 Å². The number of nitrogens with one attached hydrogen (secondary N) is 1. The summed E-state index contributed by atoms with van der Waals surface area (Å²) in [4.78, 5) is 26.1. The number of nitrogens with zero attached hydrogens (tertiary/aromatic N) is 1. The predicted octanol–water partition coefficient (Wildman–Crippen LogP) is 3.02. The number of carboxylic acids is 1. The summed E-state index contributed by atoms with van der Waals surface area (Å²) in [5.41, 5.74) is -0.0433. The van der Waals surface area contributed by atoms with Crippen LogP contribution >= 0.6 is 34.8 Å². The van der Waals surface area contributed by atoms with Gasteiger partial charge in [-0.2, -0.15) is 0 Å². The van der Waals surface area contributed by atoms with Crippen LogP contribution in [-0.2, 0) is 4.79 Å². The molecule has 1 amide bonds. The third-order valence-electron chi connectivity index (χ3n) is 2.30. The Morgan fingerprint density at radius 3 is 2.58 bits per heavy atom. The highest BCUT2D eigenvalue weighted by atomic mass is 35.5. The van der Waals surface area contributed by atoms with Gasteiger partial charge in [-0.1, -0.05) is 34.8 Å². The van der Waals surface area contributed by atoms with Gasteiger partial charge in [0.2, 0.25) is 0 Å². The number of aromatic nitrogens is 1. The molecule has 0 radical (unpaired) electrons. The van der Waals surface area contributed by atoms with E-state index >= 15 is 0 Å². The van der Waals surface area contributed by atoms with E-state index < -0.39 is 11.9 Å². The first-order valence-electron chi connectivity index (χ1n) is 5.35. The Morgan fingerprint density at radius 2 is 2.00 bits per heavy atom. The van der Waals surface area contributed by atoms with Gasteiger partial charge in [0.15, 0.2) is 0 Å². The number of hydrogen-bond acceptors (Lipinski definition) is 3. The van der Waals surface area contributed by atoms with E-state index in [0.29, 0.717) is 6.42 Å². The first-order valence-corrected chi connectivity index (χ1v) is 6.48. The summed E-state index contributed by atoms with van der Waals surface area (Å²) in [6, 6.07) is -0.323. The second-order valence-corrected chi connectivity index (χ2v) is 5.05. The van der Waals surface area contributed by atoms with Crippen LogP contribution in [0, 0.1) is 0 Å². The Bertz CT molecular complexity index is 508. The molecule has 0 fully saturated rings. The molecule has 0 aromatic carbocycles. The van der Waals surface area contributed by atoms with E-state index in [2.05, 4.69) is 10.3 Å². The molecule has 1 atom stereocenters. The van der Waals surface area contributed by atoms with E-state index in [1.165, 1.54) is 6.20 Å². The molecule has 0 saturated heterocycles. The minimum atomic E-state index is -0.924. The molecule has 0 aliphatic heterocycles. The fourth-order valence-corrected chi connectivity index (χ4v) is 1.87. The molecule has 0 aliphatic rings. The average Bonchev–Trinajstić information content (AvgIpc) is 2.33. The molecule has 0 spiro atoms. The van der Waals surface area contributed by atoms with Crippen molar-refractivity contribution < 1.29 is 14.7 Å². The topological polar surface area (TPSA) is 79.3 Å². The van der Waals surface area contributed by atoms with E-state index in [1.54, 1.807) is 6.92 Å². The molecule has 19 heavy (non-hydrogen) atoms. The van der Waals surface area contributed by atoms with Gasteiger partial charge in [-0.25, -0.2) is 4.98 Å². The van der Waals surface area contributed by atoms with Crippen LogP contribution in [0.5, 0.6) is 0 Å². The SMILES string of the molecule is CC(CCC(=O)O)NC(=O)c1ncc(Cl)c(Cl)c1Cl. The third-order valence-corrected chi connectivity index (χ3v) is 3.54. The maximum absolute atomic E-state index is 11.9. The lowest BCUT2D eigenvalue weighted by atomic mass is 10.2. The number of aliphatic carboxylic acids is 1. The number of pyridine rings is 1. The summed E-state index contributed by atoms with van der Waals surface area (Å²) in [7, 11) is 0. The monoisotopic (exact) mass is 324 g/mol. The number of amides is 1. The Hall–Kier alpha value is -1.04. The first kappa shape index (κ1) is 16.0. The van der Waals surface area contributed by atoms with E-state index in [9.17, 15) is 9.59 Å². The molecule has 1 heterocycles. The van der Waals surface area contributed by atoms with Crippen LogP contribution in [0.2, 0.25) is 15.1 Å². The highest BCUT2D eigenvalue weighted by Crippen LogP contribution is 2.30. The highest BCUT2D eigenvalue weighted by molar-refractivity contribution is 6.48. The molecule has 104 valence electrons. The van der Waals surface area contributed by atoms with Crippen molar-refractivity contribution in [2.75, 3.05) is 0 Å². The molecule has 0 saturated carbocycles. The average molecular weight is 326 g/mol. The van der Waals surface area contributed by atoms with E-state index in [1.807, 2.05) is 0 Å². The zero-order chi connectivity index (χ0) is 14.6. The molecular weight excluding hydrogens is 314 g/mol. The van der Waals surface area contributed by atoms with E-state index in [-0.39, 0.29) is 33.2 Å². The summed E-state index contributed by atoms with van der Waals surface area (Å²) in [5.74, 6) is -1.45. The minimum absolute atomic E-state index is 0.0305. The van der Waals surface area contributed by atoms with Crippen molar-refractivity contribution >= 4 is 46.7 Å². The van der Waals surface area contributed by atoms with Crippen LogP contribution in [0.25, 0.3) is 0 Å². The normalized spacial score (nSPS) is 12.0. The molecule has 1 aromatic heterocycles. The number of carbonyl (C=O) groups excluding carboxylic acids is 1. The van der Waals surface area contributed by atoms with Crippen LogP contribution in [0.1, 0.15) is 30.3 Å². The van der Waals surface area contributed by atoms with Gasteiger partial charge in [-0.3, -0.25) is 9.59 Å². The van der Waals surface area contributed by atoms with E-state index in [4.69, 9.17) is 39.9 Å². The summed E-state index contributed by atoms with van der Waals surface area (Å²) < 4.78 is 0. The Labute approximate surface area is 124 Å². The summed E-state index contributed by atoms with van der Waals surface area (Å²) in [6.07, 6.45) is 1.50. The minimum Gasteiger partial charge on any atom is -0.481 e. The van der Waals surface area contributed by atoms with Gasteiger partial charge in [0.05, 0.1) is 15.1 Å². The van der Waals surface area contributed by atoms with Crippen LogP contribution in [0.4, 0.5) is 0 Å². The second kappa shape index (κ2) is 6.93. The zero-order valence-corrected chi connectivity index (χ0v) is 12.2. The number of carboxylic acid groups (broad SMARTS) is 1. The Balaban J connectivity index is 2.73. The van der Waals surface area contributed by atoms with Crippen LogP contribution in [0.3, 0.4) is 0 Å². The van der Waals surface area contributed by atoms with Gasteiger partial charge < -0.3 is 10.4 Å². The summed E-state index contributed by atoms with van der Waals surface area (Å²) in [6.45, 7) is 1.69. The number of hydrogen-bond donors (Lipinski definition) is 2. The quantitative estimate of drug-likeness (QED) is 0.872. The maximum Gasteiger partial charge on any atom is 0.303 e. The van der Waals surface area contributed by atoms with Crippen molar-refractivity contribution in [3.8, 4) is 0 Å². The second-order valence-electron chi connectivity index (χ2n) is 3.89. The standard InChI is InChI=1S/C11H11Cl3N2O3/c1-5(2-3-7(17)18)16-11(19)10-9(14)8(13)6(12)4-15-10/h4-5H,2-3H2,1H3,(H,16,19)(H,17,18). The third kappa shape index (κ3) is 4.53. The zero-order valence-electron chi connectivity index (χ0n) is 9.91. The lowest BCUT2D eigenvalue weighted by molar-refractivity contribution is -0.137. The van der Waals surface area contributed by atoms with Crippen LogP contribution in [0.15, 0.2) is 6.20 Å². The molecule has 0 aliphatic carbocycles. The van der Waals surface area contributed by atoms with Crippen molar-refractivity contribution in [2.24, 2.45) is 0 Å². The fourth-order valence-electron chi connectivity index (χ4n) is 1.31. The van der Waals surface area contributed by atoms with Crippen LogP contribution < -0.4 is 5.32 Å². The summed E-state index contributed by atoms with van der Waals surface area (Å²) >= 11 is 17.4. The van der Waals surface area contributed by atoms with Crippen molar-refractivity contribution in [1.82, 2.24) is 10.3 Å². The number of halogens is 3. The van der Waals surface area contributed by atoms with Crippen molar-refractivity contribution in [3.05, 3.63) is 27.0 Å². The molecule has 8 heteroatoms. The van der Waals surface area contributed by atoms with Gasteiger partial charge in [-0.15, -0.1) is 0 Å².